The van der Waals surface area contributed by atoms with Crippen molar-refractivity contribution in [1.82, 2.24) is 14.1 Å². The fraction of sp³-hybridized carbons (Fsp3) is 0.208. The molecule has 1 aliphatic heterocycles. The van der Waals surface area contributed by atoms with Crippen LogP contribution in [-0.2, 0) is 13.6 Å². The van der Waals surface area contributed by atoms with Crippen molar-refractivity contribution in [3.8, 4) is 5.82 Å². The van der Waals surface area contributed by atoms with Crippen LogP contribution < -0.4 is 21.0 Å². The summed E-state index contributed by atoms with van der Waals surface area (Å²) in [5.74, 6) is 0.865. The van der Waals surface area contributed by atoms with Gasteiger partial charge in [0.25, 0.3) is 5.56 Å². The molecule has 168 valence electrons. The number of halogens is 2. The second-order valence-corrected chi connectivity index (χ2v) is 9.33. The SMILES string of the molecule is Cc1cc2ccccc2c(-n2c(=O)c3c(n(C)c2=O)N(C)C(Br)N3Cc2ccccc2Cl)n1. The van der Waals surface area contributed by atoms with E-state index in [-0.39, 0.29) is 5.08 Å². The lowest BCUT2D eigenvalue weighted by Crippen LogP contribution is -2.40. The molecule has 5 rings (SSSR count). The molecule has 0 radical (unpaired) electrons. The normalized spacial score (nSPS) is 15.4. The minimum Gasteiger partial charge on any atom is -0.330 e. The van der Waals surface area contributed by atoms with E-state index in [4.69, 9.17) is 11.6 Å². The number of nitrogens with zero attached hydrogens (tertiary/aromatic N) is 5. The van der Waals surface area contributed by atoms with Gasteiger partial charge in [0.1, 0.15) is 11.5 Å². The number of alkyl halides is 1. The molecule has 4 aromatic rings. The fourth-order valence-corrected chi connectivity index (χ4v) is 5.13. The van der Waals surface area contributed by atoms with Crippen LogP contribution in [0.4, 0.5) is 11.5 Å². The number of benzene rings is 2. The van der Waals surface area contributed by atoms with Crippen LogP contribution in [0.25, 0.3) is 16.6 Å². The number of pyridine rings is 1. The Morgan fingerprint density at radius 1 is 1.06 bits per heavy atom. The molecule has 0 saturated heterocycles. The average Bonchev–Trinajstić information content (AvgIpc) is 3.04. The van der Waals surface area contributed by atoms with Crippen LogP contribution in [0.15, 0.2) is 64.2 Å². The Hall–Kier alpha value is -3.10. The molecule has 3 heterocycles. The zero-order valence-corrected chi connectivity index (χ0v) is 20.6. The summed E-state index contributed by atoms with van der Waals surface area (Å²) in [6.45, 7) is 2.24. The third-order valence-electron chi connectivity index (χ3n) is 5.97. The molecule has 0 spiro atoms. The van der Waals surface area contributed by atoms with Crippen molar-refractivity contribution in [2.75, 3.05) is 16.8 Å². The van der Waals surface area contributed by atoms with Gasteiger partial charge in [-0.05, 0) is 45.9 Å². The minimum absolute atomic E-state index is 0.331. The van der Waals surface area contributed by atoms with Gasteiger partial charge in [-0.2, -0.15) is 0 Å². The van der Waals surface area contributed by atoms with Crippen LogP contribution in [-0.4, -0.2) is 26.2 Å². The van der Waals surface area contributed by atoms with Crippen molar-refractivity contribution in [3.05, 3.63) is 91.7 Å². The highest BCUT2D eigenvalue weighted by Crippen LogP contribution is 2.39. The molecule has 2 aromatic heterocycles. The van der Waals surface area contributed by atoms with Gasteiger partial charge in [-0.15, -0.1) is 0 Å². The number of fused-ring (bicyclic) bond motifs is 2. The summed E-state index contributed by atoms with van der Waals surface area (Å²) in [4.78, 5) is 35.8. The Morgan fingerprint density at radius 3 is 2.52 bits per heavy atom. The molecule has 0 aliphatic carbocycles. The first-order chi connectivity index (χ1) is 15.8. The molecule has 1 unspecified atom stereocenters. The quantitative estimate of drug-likeness (QED) is 0.296. The van der Waals surface area contributed by atoms with Crippen LogP contribution in [0.1, 0.15) is 11.3 Å². The Bertz CT molecular complexity index is 1530. The van der Waals surface area contributed by atoms with Gasteiger partial charge < -0.3 is 9.80 Å². The van der Waals surface area contributed by atoms with Gasteiger partial charge in [-0.25, -0.2) is 14.3 Å². The van der Waals surface area contributed by atoms with Crippen molar-refractivity contribution in [2.24, 2.45) is 7.05 Å². The van der Waals surface area contributed by atoms with Gasteiger partial charge in [-0.1, -0.05) is 54.1 Å². The molecule has 1 aliphatic rings. The summed E-state index contributed by atoms with van der Waals surface area (Å²) >= 11 is 10.1. The van der Waals surface area contributed by atoms with Gasteiger partial charge in [0.2, 0.25) is 0 Å². The van der Waals surface area contributed by atoms with E-state index in [1.807, 2.05) is 78.4 Å². The van der Waals surface area contributed by atoms with E-state index < -0.39 is 11.2 Å². The van der Waals surface area contributed by atoms with Crippen molar-refractivity contribution >= 4 is 49.8 Å². The van der Waals surface area contributed by atoms with Crippen LogP contribution in [0.2, 0.25) is 5.02 Å². The largest absolute Gasteiger partial charge is 0.338 e. The molecule has 33 heavy (non-hydrogen) atoms. The number of hydrogen-bond donors (Lipinski definition) is 0. The van der Waals surface area contributed by atoms with Crippen molar-refractivity contribution < 1.29 is 0 Å². The van der Waals surface area contributed by atoms with Gasteiger partial charge in [0.05, 0.1) is 0 Å². The lowest BCUT2D eigenvalue weighted by Gasteiger charge is -2.25. The summed E-state index contributed by atoms with van der Waals surface area (Å²) in [6.07, 6.45) is 0. The van der Waals surface area contributed by atoms with Crippen LogP contribution in [0.5, 0.6) is 0 Å². The summed E-state index contributed by atoms with van der Waals surface area (Å²) < 4.78 is 2.67. The van der Waals surface area contributed by atoms with Crippen molar-refractivity contribution in [2.45, 2.75) is 18.5 Å². The van der Waals surface area contributed by atoms with Gasteiger partial charge >= 0.3 is 5.69 Å². The van der Waals surface area contributed by atoms with E-state index >= 15 is 0 Å². The van der Waals surface area contributed by atoms with Crippen LogP contribution in [0.3, 0.4) is 0 Å². The van der Waals surface area contributed by atoms with Gasteiger partial charge in [0.15, 0.2) is 10.9 Å². The monoisotopic (exact) mass is 525 g/mol. The van der Waals surface area contributed by atoms with Crippen LogP contribution in [0, 0.1) is 6.92 Å². The van der Waals surface area contributed by atoms with E-state index in [9.17, 15) is 9.59 Å². The van der Waals surface area contributed by atoms with Crippen LogP contribution >= 0.6 is 27.5 Å². The second-order valence-electron chi connectivity index (χ2n) is 8.10. The Kier molecular flexibility index (Phi) is 5.29. The Morgan fingerprint density at radius 2 is 1.76 bits per heavy atom. The lowest BCUT2D eigenvalue weighted by atomic mass is 10.1. The standard InChI is InChI=1S/C24H21BrClN5O2/c1-14-12-15-8-4-6-10-17(15)20(27-14)31-22(32)19-21(29(3)24(31)33)28(2)23(25)30(19)13-16-9-5-7-11-18(16)26/h4-12,23H,13H2,1-3H3. The highest BCUT2D eigenvalue weighted by atomic mass is 79.9. The Labute approximate surface area is 203 Å². The number of rotatable bonds is 3. The van der Waals surface area contributed by atoms with Gasteiger partial charge in [-0.3, -0.25) is 9.36 Å². The molecule has 9 heteroatoms. The first-order valence-electron chi connectivity index (χ1n) is 10.4. The minimum atomic E-state index is -0.451. The molecule has 0 bridgehead atoms. The van der Waals surface area contributed by atoms with E-state index in [0.29, 0.717) is 28.9 Å². The molecule has 0 N–H and O–H groups in total. The highest BCUT2D eigenvalue weighted by molar-refractivity contribution is 9.09. The molecule has 7 nitrogen and oxygen atoms in total. The molecular formula is C24H21BrClN5O2. The van der Waals surface area contributed by atoms with E-state index in [2.05, 4.69) is 20.9 Å². The third kappa shape index (κ3) is 3.36. The maximum absolute atomic E-state index is 14.0. The molecule has 1 atom stereocenters. The van der Waals surface area contributed by atoms with E-state index in [1.165, 1.54) is 9.13 Å². The van der Waals surface area contributed by atoms with Gasteiger partial charge in [0, 0.05) is 36.7 Å². The summed E-state index contributed by atoms with van der Waals surface area (Å²) in [6, 6.07) is 17.1. The smallest absolute Gasteiger partial charge is 0.330 e. The van der Waals surface area contributed by atoms with Crippen molar-refractivity contribution in [3.63, 3.8) is 0 Å². The zero-order chi connectivity index (χ0) is 23.4. The predicted molar refractivity (Wildman–Crippen MR) is 136 cm³/mol. The molecule has 0 amide bonds. The highest BCUT2D eigenvalue weighted by Gasteiger charge is 2.38. The Balaban J connectivity index is 1.80. The third-order valence-corrected chi connectivity index (χ3v) is 7.45. The second kappa shape index (κ2) is 8.04. The van der Waals surface area contributed by atoms with Crippen molar-refractivity contribution in [1.29, 1.82) is 0 Å². The first kappa shape index (κ1) is 21.7. The fourth-order valence-electron chi connectivity index (χ4n) is 4.39. The lowest BCUT2D eigenvalue weighted by molar-refractivity contribution is 0.729. The summed E-state index contributed by atoms with van der Waals surface area (Å²) in [5.41, 5.74) is 1.14. The number of anilines is 2. The zero-order valence-electron chi connectivity index (χ0n) is 18.3. The summed E-state index contributed by atoms with van der Waals surface area (Å²) in [5, 5.41) is 1.93. The van der Waals surface area contributed by atoms with E-state index in [0.717, 1.165) is 22.0 Å². The average molecular weight is 527 g/mol. The maximum atomic E-state index is 14.0. The molecule has 2 aromatic carbocycles. The maximum Gasteiger partial charge on any atom is 0.338 e. The molecule has 0 saturated carbocycles. The number of hydrogen-bond acceptors (Lipinski definition) is 5. The topological polar surface area (TPSA) is 63.4 Å². The molecular weight excluding hydrogens is 506 g/mol. The molecule has 0 fully saturated rings. The number of aryl methyl sites for hydroxylation is 1. The van der Waals surface area contributed by atoms with E-state index in [1.54, 1.807) is 7.05 Å². The first-order valence-corrected chi connectivity index (χ1v) is 11.7. The summed E-state index contributed by atoms with van der Waals surface area (Å²) in [7, 11) is 3.51. The number of aromatic nitrogens is 3. The predicted octanol–water partition coefficient (Wildman–Crippen LogP) is 4.18.